The summed E-state index contributed by atoms with van der Waals surface area (Å²) in [5.74, 6) is 0. The van der Waals surface area contributed by atoms with Crippen molar-refractivity contribution in [2.45, 2.75) is 52.0 Å². The molecule has 0 aromatic heterocycles. The lowest BCUT2D eigenvalue weighted by Gasteiger charge is -2.42. The predicted molar refractivity (Wildman–Crippen MR) is 61.1 cm³/mol. The van der Waals surface area contributed by atoms with E-state index in [9.17, 15) is 0 Å². The average molecular weight is 191 g/mol. The smallest absolute Gasteiger partial charge is 0.0290 e. The fourth-order valence-electron chi connectivity index (χ4n) is 2.83. The first kappa shape index (κ1) is 9.82. The van der Waals surface area contributed by atoms with Crippen molar-refractivity contribution in [2.75, 3.05) is 6.54 Å². The van der Waals surface area contributed by atoms with E-state index in [-0.39, 0.29) is 0 Å². The van der Waals surface area contributed by atoms with Crippen LogP contribution in [0.4, 0.5) is 0 Å². The molecule has 1 unspecified atom stereocenters. The van der Waals surface area contributed by atoms with Gasteiger partial charge in [-0.3, -0.25) is 0 Å². The van der Waals surface area contributed by atoms with Crippen LogP contribution < -0.4 is 0 Å². The van der Waals surface area contributed by atoms with Crippen LogP contribution in [-0.2, 0) is 0 Å². The Balaban J connectivity index is 2.19. The minimum absolute atomic E-state index is 0.859. The molecule has 1 atom stereocenters. The molecule has 2 rings (SSSR count). The maximum Gasteiger partial charge on any atom is 0.0290 e. The molecule has 78 valence electrons. The molecule has 1 saturated heterocycles. The van der Waals surface area contributed by atoms with Crippen LogP contribution in [0.3, 0.4) is 0 Å². The zero-order valence-corrected chi connectivity index (χ0v) is 9.42. The molecule has 0 N–H and O–H groups in total. The van der Waals surface area contributed by atoms with Crippen molar-refractivity contribution < 1.29 is 0 Å². The van der Waals surface area contributed by atoms with Crippen LogP contribution in [0.25, 0.3) is 0 Å². The molecule has 0 saturated carbocycles. The van der Waals surface area contributed by atoms with Gasteiger partial charge in [0.2, 0.25) is 0 Å². The van der Waals surface area contributed by atoms with E-state index in [1.54, 1.807) is 11.3 Å². The monoisotopic (exact) mass is 191 g/mol. The van der Waals surface area contributed by atoms with Gasteiger partial charge in [0, 0.05) is 18.3 Å². The van der Waals surface area contributed by atoms with Crippen molar-refractivity contribution in [1.82, 2.24) is 4.90 Å². The molecule has 1 nitrogen and oxygen atoms in total. The summed E-state index contributed by atoms with van der Waals surface area (Å²) in [6.07, 6.45) is 11.4. The molecule has 1 heteroatoms. The first-order valence-electron chi connectivity index (χ1n) is 5.92. The van der Waals surface area contributed by atoms with Crippen LogP contribution in [0.2, 0.25) is 0 Å². The Labute approximate surface area is 87.5 Å². The molecule has 0 spiro atoms. The second kappa shape index (κ2) is 4.20. The third kappa shape index (κ3) is 1.73. The van der Waals surface area contributed by atoms with E-state index in [2.05, 4.69) is 30.9 Å². The molecule has 2 heterocycles. The van der Waals surface area contributed by atoms with Gasteiger partial charge in [0.05, 0.1) is 0 Å². The zero-order valence-electron chi connectivity index (χ0n) is 9.42. The van der Waals surface area contributed by atoms with E-state index in [1.807, 2.05) is 0 Å². The fraction of sp³-hybridized carbons (Fsp3) is 0.692. The summed E-state index contributed by atoms with van der Waals surface area (Å²) in [5.41, 5.74) is 3.10. The van der Waals surface area contributed by atoms with Gasteiger partial charge >= 0.3 is 0 Å². The molecular formula is C13H21N. The summed E-state index contributed by atoms with van der Waals surface area (Å²) >= 11 is 0. The Kier molecular flexibility index (Phi) is 2.95. The number of allylic oxidation sites excluding steroid dienone is 4. The molecular weight excluding hydrogens is 170 g/mol. The summed E-state index contributed by atoms with van der Waals surface area (Å²) in [5, 5.41) is 0. The second-order valence-corrected chi connectivity index (χ2v) is 4.49. The van der Waals surface area contributed by atoms with Crippen molar-refractivity contribution in [2.24, 2.45) is 0 Å². The van der Waals surface area contributed by atoms with Gasteiger partial charge in [-0.2, -0.15) is 0 Å². The van der Waals surface area contributed by atoms with Crippen molar-refractivity contribution >= 4 is 0 Å². The summed E-state index contributed by atoms with van der Waals surface area (Å²) in [7, 11) is 0. The highest BCUT2D eigenvalue weighted by Crippen LogP contribution is 2.32. The number of nitrogens with zero attached hydrogens (tertiary/aromatic N) is 1. The van der Waals surface area contributed by atoms with Crippen molar-refractivity contribution in [1.29, 1.82) is 0 Å². The van der Waals surface area contributed by atoms with Crippen LogP contribution in [0.5, 0.6) is 0 Å². The Morgan fingerprint density at radius 3 is 2.93 bits per heavy atom. The van der Waals surface area contributed by atoms with Crippen LogP contribution in [0.15, 0.2) is 23.4 Å². The number of hydrogen-bond acceptors (Lipinski definition) is 1. The van der Waals surface area contributed by atoms with E-state index >= 15 is 0 Å². The summed E-state index contributed by atoms with van der Waals surface area (Å²) in [6, 6.07) is 0.859. The Bertz CT molecular complexity index is 262. The number of piperidine rings is 1. The third-order valence-electron chi connectivity index (χ3n) is 3.64. The van der Waals surface area contributed by atoms with Crippen molar-refractivity contribution in [3.8, 4) is 0 Å². The van der Waals surface area contributed by atoms with E-state index in [0.29, 0.717) is 0 Å². The molecule has 0 bridgehead atoms. The van der Waals surface area contributed by atoms with E-state index < -0.39 is 0 Å². The lowest BCUT2D eigenvalue weighted by molar-refractivity contribution is 0.171. The molecule has 14 heavy (non-hydrogen) atoms. The van der Waals surface area contributed by atoms with E-state index in [4.69, 9.17) is 0 Å². The highest BCUT2D eigenvalue weighted by molar-refractivity contribution is 5.27. The number of fused-ring (bicyclic) bond motifs is 1. The van der Waals surface area contributed by atoms with E-state index in [0.717, 1.165) is 6.04 Å². The van der Waals surface area contributed by atoms with Crippen molar-refractivity contribution in [3.05, 3.63) is 23.4 Å². The van der Waals surface area contributed by atoms with E-state index in [1.165, 1.54) is 38.6 Å². The normalized spacial score (nSPS) is 28.4. The highest BCUT2D eigenvalue weighted by Gasteiger charge is 2.26. The first-order chi connectivity index (χ1) is 6.83. The molecule has 0 radical (unpaired) electrons. The van der Waals surface area contributed by atoms with Gasteiger partial charge in [-0.05, 0) is 51.5 Å². The maximum absolute atomic E-state index is 2.64. The SMILES string of the molecule is C/C=C\C1=C(C)N2CCCCC2CC1. The zero-order chi connectivity index (χ0) is 9.97. The van der Waals surface area contributed by atoms with Gasteiger partial charge in [0.25, 0.3) is 0 Å². The van der Waals surface area contributed by atoms with Gasteiger partial charge < -0.3 is 4.90 Å². The largest absolute Gasteiger partial charge is 0.372 e. The molecule has 0 aromatic rings. The molecule has 0 aliphatic carbocycles. The number of rotatable bonds is 1. The summed E-state index contributed by atoms with van der Waals surface area (Å²) in [4.78, 5) is 2.64. The van der Waals surface area contributed by atoms with Gasteiger partial charge in [-0.15, -0.1) is 0 Å². The highest BCUT2D eigenvalue weighted by atomic mass is 15.2. The minimum atomic E-state index is 0.859. The van der Waals surface area contributed by atoms with Crippen LogP contribution in [-0.4, -0.2) is 17.5 Å². The van der Waals surface area contributed by atoms with Crippen LogP contribution in [0.1, 0.15) is 46.0 Å². The van der Waals surface area contributed by atoms with Crippen molar-refractivity contribution in [3.63, 3.8) is 0 Å². The standard InChI is InChI=1S/C13H21N/c1-3-6-12-8-9-13-7-4-5-10-14(13)11(12)2/h3,6,13H,4-5,7-10H2,1-2H3/b6-3-. The fourth-order valence-corrected chi connectivity index (χ4v) is 2.83. The molecule has 2 aliphatic heterocycles. The predicted octanol–water partition coefficient (Wildman–Crippen LogP) is 3.48. The quantitative estimate of drug-likeness (QED) is 0.613. The van der Waals surface area contributed by atoms with Gasteiger partial charge in [-0.25, -0.2) is 0 Å². The Morgan fingerprint density at radius 2 is 2.14 bits per heavy atom. The Hall–Kier alpha value is -0.720. The lowest BCUT2D eigenvalue weighted by atomic mass is 9.90. The molecule has 0 amide bonds. The van der Waals surface area contributed by atoms with Gasteiger partial charge in [0.15, 0.2) is 0 Å². The molecule has 2 aliphatic rings. The van der Waals surface area contributed by atoms with Crippen LogP contribution in [0, 0.1) is 0 Å². The Morgan fingerprint density at radius 1 is 1.29 bits per heavy atom. The minimum Gasteiger partial charge on any atom is -0.372 e. The van der Waals surface area contributed by atoms with Gasteiger partial charge in [0.1, 0.15) is 0 Å². The number of hydrogen-bond donors (Lipinski definition) is 0. The lowest BCUT2D eigenvalue weighted by Crippen LogP contribution is -2.40. The topological polar surface area (TPSA) is 3.24 Å². The van der Waals surface area contributed by atoms with Crippen LogP contribution >= 0.6 is 0 Å². The first-order valence-corrected chi connectivity index (χ1v) is 5.92. The average Bonchev–Trinajstić information content (AvgIpc) is 2.23. The van der Waals surface area contributed by atoms with Gasteiger partial charge in [-0.1, -0.05) is 12.2 Å². The summed E-state index contributed by atoms with van der Waals surface area (Å²) < 4.78 is 0. The summed E-state index contributed by atoms with van der Waals surface area (Å²) in [6.45, 7) is 5.70. The second-order valence-electron chi connectivity index (χ2n) is 4.49. The molecule has 1 fully saturated rings. The molecule has 0 aromatic carbocycles. The maximum atomic E-state index is 2.64. The third-order valence-corrected chi connectivity index (χ3v) is 3.64.